The maximum Gasteiger partial charge on any atom is 0.231 e. The molecule has 8 heteroatoms. The summed E-state index contributed by atoms with van der Waals surface area (Å²) < 4.78 is 6.29. The lowest BCUT2D eigenvalue weighted by atomic mass is 9.68. The van der Waals surface area contributed by atoms with E-state index in [-0.39, 0.29) is 12.0 Å². The fourth-order valence-corrected chi connectivity index (χ4v) is 4.82. The van der Waals surface area contributed by atoms with Gasteiger partial charge in [-0.2, -0.15) is 0 Å². The zero-order valence-electron chi connectivity index (χ0n) is 19.1. The third-order valence-electron chi connectivity index (χ3n) is 6.17. The van der Waals surface area contributed by atoms with E-state index >= 15 is 0 Å². The van der Waals surface area contributed by atoms with Crippen LogP contribution in [0.25, 0.3) is 0 Å². The molecular weight excluding hydrogens is 418 g/mol. The van der Waals surface area contributed by atoms with Crippen LogP contribution in [0, 0.1) is 0 Å². The summed E-state index contributed by atoms with van der Waals surface area (Å²) >= 11 is 0. The average molecular weight is 448 g/mol. The van der Waals surface area contributed by atoms with E-state index in [0.717, 1.165) is 46.5 Å². The van der Waals surface area contributed by atoms with Gasteiger partial charge < -0.3 is 20.8 Å². The van der Waals surface area contributed by atoms with E-state index in [1.165, 1.54) is 0 Å². The minimum absolute atomic E-state index is 0.0849. The number of hydrogen-bond acceptors (Lipinski definition) is 6. The van der Waals surface area contributed by atoms with E-state index in [1.54, 1.807) is 0 Å². The molecule has 4 N–H and O–H groups in total. The van der Waals surface area contributed by atoms with Crippen molar-refractivity contribution >= 4 is 24.2 Å². The van der Waals surface area contributed by atoms with Gasteiger partial charge in [0, 0.05) is 23.3 Å². The molecule has 0 aliphatic heterocycles. The topological polar surface area (TPSA) is 123 Å². The zero-order chi connectivity index (χ0) is 23.6. The number of carbonyl (C=O) groups is 2. The van der Waals surface area contributed by atoms with E-state index in [2.05, 4.69) is 20.8 Å². The first-order chi connectivity index (χ1) is 15.9. The molecule has 2 aromatic carbocycles. The SMILES string of the molecule is CC(C)c1nnc(C2(C[C@H](C)N)c3ccc(NC=O)cc3CCc3cc(NC=O)ccc32)o1. The van der Waals surface area contributed by atoms with Crippen molar-refractivity contribution in [3.8, 4) is 0 Å². The smallest absolute Gasteiger partial charge is 0.231 e. The van der Waals surface area contributed by atoms with Crippen LogP contribution < -0.4 is 16.4 Å². The average Bonchev–Trinajstić information content (AvgIpc) is 3.24. The predicted molar refractivity (Wildman–Crippen MR) is 126 cm³/mol. The highest BCUT2D eigenvalue weighted by Gasteiger charge is 2.46. The van der Waals surface area contributed by atoms with Gasteiger partial charge in [-0.05, 0) is 72.7 Å². The highest BCUT2D eigenvalue weighted by Crippen LogP contribution is 2.48. The minimum Gasteiger partial charge on any atom is -0.424 e. The fraction of sp³-hybridized carbons (Fsp3) is 0.360. The second-order valence-corrected chi connectivity index (χ2v) is 8.96. The molecule has 1 aromatic heterocycles. The monoisotopic (exact) mass is 447 g/mol. The van der Waals surface area contributed by atoms with Gasteiger partial charge in [0.1, 0.15) is 5.41 Å². The van der Waals surface area contributed by atoms with Crippen LogP contribution in [0.1, 0.15) is 67.1 Å². The molecular formula is C25H29N5O3. The van der Waals surface area contributed by atoms with Crippen LogP contribution >= 0.6 is 0 Å². The zero-order valence-corrected chi connectivity index (χ0v) is 19.1. The molecule has 0 saturated heterocycles. The summed E-state index contributed by atoms with van der Waals surface area (Å²) in [5, 5.41) is 14.4. The van der Waals surface area contributed by atoms with Crippen molar-refractivity contribution in [1.29, 1.82) is 0 Å². The van der Waals surface area contributed by atoms with Crippen LogP contribution in [0.4, 0.5) is 11.4 Å². The molecule has 0 saturated carbocycles. The van der Waals surface area contributed by atoms with Crippen LogP contribution in [0.2, 0.25) is 0 Å². The summed E-state index contributed by atoms with van der Waals surface area (Å²) in [6, 6.07) is 11.6. The van der Waals surface area contributed by atoms with E-state index in [1.807, 2.05) is 57.2 Å². The lowest BCUT2D eigenvalue weighted by Crippen LogP contribution is -2.37. The van der Waals surface area contributed by atoms with Crippen molar-refractivity contribution < 1.29 is 14.0 Å². The fourth-order valence-electron chi connectivity index (χ4n) is 4.82. The Morgan fingerprint density at radius 2 is 1.52 bits per heavy atom. The Kier molecular flexibility index (Phi) is 6.29. The number of fused-ring (bicyclic) bond motifs is 2. The maximum atomic E-state index is 11.1. The molecule has 4 rings (SSSR count). The first-order valence-corrected chi connectivity index (χ1v) is 11.2. The van der Waals surface area contributed by atoms with Gasteiger partial charge in [0.2, 0.25) is 24.6 Å². The third-order valence-corrected chi connectivity index (χ3v) is 6.17. The van der Waals surface area contributed by atoms with Gasteiger partial charge in [0.15, 0.2) is 0 Å². The Labute approximate surface area is 193 Å². The number of aryl methyl sites for hydroxylation is 2. The predicted octanol–water partition coefficient (Wildman–Crippen LogP) is 3.50. The molecule has 1 heterocycles. The molecule has 0 spiro atoms. The molecule has 1 aliphatic carbocycles. The number of hydrogen-bond donors (Lipinski definition) is 3. The number of carbonyl (C=O) groups excluding carboxylic acids is 2. The summed E-state index contributed by atoms with van der Waals surface area (Å²) in [5.41, 5.74) is 11.3. The molecule has 0 radical (unpaired) electrons. The van der Waals surface area contributed by atoms with Gasteiger partial charge in [0.05, 0.1) is 0 Å². The van der Waals surface area contributed by atoms with Crippen molar-refractivity contribution in [2.24, 2.45) is 5.73 Å². The first-order valence-electron chi connectivity index (χ1n) is 11.2. The molecule has 2 amide bonds. The normalized spacial score (nSPS) is 15.2. The Morgan fingerprint density at radius 1 is 0.970 bits per heavy atom. The Bertz CT molecular complexity index is 1110. The van der Waals surface area contributed by atoms with E-state index in [4.69, 9.17) is 10.2 Å². The summed E-state index contributed by atoms with van der Waals surface area (Å²) in [7, 11) is 0. The van der Waals surface area contributed by atoms with Crippen molar-refractivity contribution in [2.75, 3.05) is 10.6 Å². The molecule has 0 fully saturated rings. The molecule has 3 aromatic rings. The van der Waals surface area contributed by atoms with Crippen LogP contribution in [-0.4, -0.2) is 29.1 Å². The molecule has 172 valence electrons. The van der Waals surface area contributed by atoms with Gasteiger partial charge >= 0.3 is 0 Å². The van der Waals surface area contributed by atoms with Gasteiger partial charge in [-0.15, -0.1) is 10.2 Å². The Morgan fingerprint density at radius 3 is 1.94 bits per heavy atom. The van der Waals surface area contributed by atoms with E-state index in [9.17, 15) is 9.59 Å². The molecule has 0 bridgehead atoms. The van der Waals surface area contributed by atoms with Gasteiger partial charge in [-0.25, -0.2) is 0 Å². The Hall–Kier alpha value is -3.52. The van der Waals surface area contributed by atoms with E-state index < -0.39 is 5.41 Å². The van der Waals surface area contributed by atoms with Gasteiger partial charge in [-0.3, -0.25) is 9.59 Å². The number of nitrogens with one attached hydrogen (secondary N) is 2. The number of amides is 2. The molecule has 33 heavy (non-hydrogen) atoms. The van der Waals surface area contributed by atoms with Gasteiger partial charge in [-0.1, -0.05) is 26.0 Å². The molecule has 1 aliphatic rings. The number of aromatic nitrogens is 2. The second kappa shape index (κ2) is 9.15. The lowest BCUT2D eigenvalue weighted by molar-refractivity contribution is -0.106. The van der Waals surface area contributed by atoms with Crippen molar-refractivity contribution in [2.45, 2.75) is 57.4 Å². The standard InChI is InChI=1S/C25H29N5O3/c1-15(2)23-29-30-24(33-23)25(12-16(3)26)21-8-6-19(27-13-31)10-17(21)4-5-18-11-20(28-14-32)7-9-22(18)25/h6-11,13-16H,4-5,12,26H2,1-3H3,(H,27,31)(H,28,32)/t16-/m0/s1. The summed E-state index contributed by atoms with van der Waals surface area (Å²) in [6.07, 6.45) is 3.38. The van der Waals surface area contributed by atoms with Crippen LogP contribution in [0.5, 0.6) is 0 Å². The number of benzene rings is 2. The first kappa shape index (κ1) is 22.7. The quantitative estimate of drug-likeness (QED) is 0.454. The lowest BCUT2D eigenvalue weighted by Gasteiger charge is -2.35. The molecule has 0 unspecified atom stereocenters. The Balaban J connectivity index is 2.04. The van der Waals surface area contributed by atoms with Gasteiger partial charge in [0.25, 0.3) is 0 Å². The number of rotatable bonds is 8. The summed E-state index contributed by atoms with van der Waals surface area (Å²) in [4.78, 5) is 22.1. The number of nitrogens with two attached hydrogens (primary N) is 1. The van der Waals surface area contributed by atoms with E-state index in [0.29, 0.717) is 31.0 Å². The van der Waals surface area contributed by atoms with Crippen molar-refractivity contribution in [3.05, 3.63) is 70.4 Å². The number of nitrogens with zero attached hydrogens (tertiary/aromatic N) is 2. The second-order valence-electron chi connectivity index (χ2n) is 8.96. The van der Waals surface area contributed by atoms with Crippen molar-refractivity contribution in [3.63, 3.8) is 0 Å². The molecule has 1 atom stereocenters. The third kappa shape index (κ3) is 4.14. The minimum atomic E-state index is -0.769. The highest BCUT2D eigenvalue weighted by molar-refractivity contribution is 5.74. The summed E-state index contributed by atoms with van der Waals surface area (Å²) in [5.74, 6) is 1.15. The van der Waals surface area contributed by atoms with Crippen LogP contribution in [0.15, 0.2) is 40.8 Å². The van der Waals surface area contributed by atoms with Crippen LogP contribution in [-0.2, 0) is 27.8 Å². The largest absolute Gasteiger partial charge is 0.424 e. The highest BCUT2D eigenvalue weighted by atomic mass is 16.4. The summed E-state index contributed by atoms with van der Waals surface area (Å²) in [6.45, 7) is 5.99. The number of anilines is 2. The maximum absolute atomic E-state index is 11.1. The van der Waals surface area contributed by atoms with Crippen molar-refractivity contribution in [1.82, 2.24) is 10.2 Å². The van der Waals surface area contributed by atoms with Crippen LogP contribution in [0.3, 0.4) is 0 Å². The molecule has 8 nitrogen and oxygen atoms in total.